The fourth-order valence-electron chi connectivity index (χ4n) is 4.55. The van der Waals surface area contributed by atoms with Gasteiger partial charge in [0, 0.05) is 51.5 Å². The normalized spacial score (nSPS) is 24.2. The van der Waals surface area contributed by atoms with Crippen LogP contribution in [0.25, 0.3) is 0 Å². The molecule has 26 heavy (non-hydrogen) atoms. The van der Waals surface area contributed by atoms with Gasteiger partial charge in [0.05, 0.1) is 0 Å². The van der Waals surface area contributed by atoms with E-state index in [9.17, 15) is 8.42 Å². The first-order valence-electron chi connectivity index (χ1n) is 10.1. The van der Waals surface area contributed by atoms with E-state index in [1.54, 1.807) is 16.6 Å². The molecule has 3 fully saturated rings. The fraction of sp³-hybridized carbons (Fsp3) is 0.737. The molecule has 6 nitrogen and oxygen atoms in total. The van der Waals surface area contributed by atoms with Crippen LogP contribution >= 0.6 is 0 Å². The molecule has 0 aromatic carbocycles. The molecule has 3 heterocycles. The molecule has 1 aromatic heterocycles. The lowest BCUT2D eigenvalue weighted by Crippen LogP contribution is -2.50. The van der Waals surface area contributed by atoms with Gasteiger partial charge in [0.15, 0.2) is 0 Å². The second kappa shape index (κ2) is 7.82. The number of aromatic nitrogens is 1. The average Bonchev–Trinajstić information content (AvgIpc) is 3.24. The molecule has 0 spiro atoms. The molecule has 0 radical (unpaired) electrons. The van der Waals surface area contributed by atoms with Crippen molar-refractivity contribution in [3.05, 3.63) is 18.3 Å². The van der Waals surface area contributed by atoms with Crippen LogP contribution in [0.3, 0.4) is 0 Å². The Morgan fingerprint density at radius 3 is 2.15 bits per heavy atom. The first-order valence-corrected chi connectivity index (χ1v) is 11.5. The molecule has 144 valence electrons. The van der Waals surface area contributed by atoms with Gasteiger partial charge in [-0.15, -0.1) is 0 Å². The summed E-state index contributed by atoms with van der Waals surface area (Å²) in [6.07, 6.45) is 10.0. The van der Waals surface area contributed by atoms with E-state index in [2.05, 4.69) is 14.8 Å². The number of piperazine rings is 1. The van der Waals surface area contributed by atoms with Crippen LogP contribution < -0.4 is 4.90 Å². The predicted octanol–water partition coefficient (Wildman–Crippen LogP) is 2.32. The van der Waals surface area contributed by atoms with Crippen LogP contribution in [-0.2, 0) is 10.0 Å². The van der Waals surface area contributed by atoms with Gasteiger partial charge in [-0.2, -0.15) is 4.31 Å². The Hall–Kier alpha value is -1.18. The largest absolute Gasteiger partial charge is 0.354 e. The van der Waals surface area contributed by atoms with E-state index >= 15 is 0 Å². The lowest BCUT2D eigenvalue weighted by atomic mass is 10.2. The van der Waals surface area contributed by atoms with Crippen molar-refractivity contribution in [1.82, 2.24) is 14.2 Å². The van der Waals surface area contributed by atoms with E-state index in [-0.39, 0.29) is 0 Å². The van der Waals surface area contributed by atoms with Crippen molar-refractivity contribution in [2.75, 3.05) is 44.2 Å². The lowest BCUT2D eigenvalue weighted by Gasteiger charge is -2.38. The molecule has 0 amide bonds. The first kappa shape index (κ1) is 18.2. The molecule has 0 bridgehead atoms. The van der Waals surface area contributed by atoms with Crippen molar-refractivity contribution in [2.45, 2.75) is 55.9 Å². The summed E-state index contributed by atoms with van der Waals surface area (Å²) in [4.78, 5) is 9.72. The highest BCUT2D eigenvalue weighted by Crippen LogP contribution is 2.26. The molecule has 1 aliphatic carbocycles. The highest BCUT2D eigenvalue weighted by molar-refractivity contribution is 7.89. The Kier molecular flexibility index (Phi) is 5.47. The smallest absolute Gasteiger partial charge is 0.244 e. The molecular formula is C19H30N4O2S. The van der Waals surface area contributed by atoms with Gasteiger partial charge in [0.2, 0.25) is 10.0 Å². The minimum absolute atomic E-state index is 0.327. The van der Waals surface area contributed by atoms with Crippen molar-refractivity contribution in [1.29, 1.82) is 0 Å². The van der Waals surface area contributed by atoms with Gasteiger partial charge in [0.1, 0.15) is 10.7 Å². The number of sulfonamides is 1. The fourth-order valence-corrected chi connectivity index (χ4v) is 6.02. The summed E-state index contributed by atoms with van der Waals surface area (Å²) in [7, 11) is -3.39. The van der Waals surface area contributed by atoms with Crippen LogP contribution in [-0.4, -0.2) is 67.9 Å². The van der Waals surface area contributed by atoms with E-state index in [4.69, 9.17) is 0 Å². The molecule has 2 saturated heterocycles. The van der Waals surface area contributed by atoms with E-state index in [0.29, 0.717) is 18.0 Å². The minimum atomic E-state index is -3.39. The molecule has 7 heteroatoms. The van der Waals surface area contributed by atoms with Gasteiger partial charge in [0.25, 0.3) is 0 Å². The maximum absolute atomic E-state index is 12.7. The Labute approximate surface area is 157 Å². The second-order valence-corrected chi connectivity index (χ2v) is 9.72. The van der Waals surface area contributed by atoms with Gasteiger partial charge >= 0.3 is 0 Å². The number of hydrogen-bond donors (Lipinski definition) is 0. The quantitative estimate of drug-likeness (QED) is 0.805. The topological polar surface area (TPSA) is 56.8 Å². The van der Waals surface area contributed by atoms with E-state index < -0.39 is 10.0 Å². The first-order chi connectivity index (χ1) is 12.6. The molecular weight excluding hydrogens is 348 g/mol. The molecule has 0 atom stereocenters. The molecule has 1 aromatic rings. The second-order valence-electron chi connectivity index (χ2n) is 7.78. The van der Waals surface area contributed by atoms with E-state index in [1.807, 2.05) is 6.07 Å². The zero-order chi connectivity index (χ0) is 18.0. The highest BCUT2D eigenvalue weighted by atomic mass is 32.2. The number of anilines is 1. The Bertz CT molecular complexity index is 687. The summed E-state index contributed by atoms with van der Waals surface area (Å²) in [5.74, 6) is 0.897. The lowest BCUT2D eigenvalue weighted by molar-refractivity contribution is 0.187. The summed E-state index contributed by atoms with van der Waals surface area (Å²) in [6, 6.07) is 4.39. The van der Waals surface area contributed by atoms with Gasteiger partial charge in [-0.25, -0.2) is 13.4 Å². The third-order valence-electron chi connectivity index (χ3n) is 6.15. The summed E-state index contributed by atoms with van der Waals surface area (Å²) in [6.45, 7) is 5.38. The molecule has 2 aliphatic heterocycles. The average molecular weight is 379 g/mol. The van der Waals surface area contributed by atoms with Crippen LogP contribution in [0.2, 0.25) is 0 Å². The standard InChI is InChI=1S/C19H30N4O2S/c24-26(25,23-10-4-1-5-11-23)18-8-9-19(20-16-18)22-14-12-21(13-15-22)17-6-2-3-7-17/h8-9,16-17H,1-7,10-15H2. The zero-order valence-corrected chi connectivity index (χ0v) is 16.3. The number of hydrogen-bond acceptors (Lipinski definition) is 5. The molecule has 4 rings (SSSR count). The summed E-state index contributed by atoms with van der Waals surface area (Å²) in [5.41, 5.74) is 0. The monoisotopic (exact) mass is 378 g/mol. The van der Waals surface area contributed by atoms with Gasteiger partial charge < -0.3 is 4.90 Å². The van der Waals surface area contributed by atoms with E-state index in [0.717, 1.165) is 57.3 Å². The van der Waals surface area contributed by atoms with Gasteiger partial charge in [-0.05, 0) is 37.8 Å². The van der Waals surface area contributed by atoms with Crippen molar-refractivity contribution in [2.24, 2.45) is 0 Å². The van der Waals surface area contributed by atoms with Crippen molar-refractivity contribution >= 4 is 15.8 Å². The Morgan fingerprint density at radius 1 is 0.846 bits per heavy atom. The Morgan fingerprint density at radius 2 is 1.54 bits per heavy atom. The number of rotatable bonds is 4. The third kappa shape index (κ3) is 3.75. The van der Waals surface area contributed by atoms with Crippen LogP contribution in [0, 0.1) is 0 Å². The third-order valence-corrected chi connectivity index (χ3v) is 8.04. The van der Waals surface area contributed by atoms with Crippen molar-refractivity contribution in [3.63, 3.8) is 0 Å². The maximum Gasteiger partial charge on any atom is 0.244 e. The van der Waals surface area contributed by atoms with Crippen LogP contribution in [0.5, 0.6) is 0 Å². The molecule has 1 saturated carbocycles. The SMILES string of the molecule is O=S(=O)(c1ccc(N2CCN(C3CCCC3)CC2)nc1)N1CCCCC1. The van der Waals surface area contributed by atoms with Crippen molar-refractivity contribution in [3.8, 4) is 0 Å². The molecule has 0 N–H and O–H groups in total. The van der Waals surface area contributed by atoms with Gasteiger partial charge in [-0.3, -0.25) is 4.90 Å². The van der Waals surface area contributed by atoms with E-state index in [1.165, 1.54) is 25.7 Å². The van der Waals surface area contributed by atoms with Crippen LogP contribution in [0.1, 0.15) is 44.9 Å². The number of pyridine rings is 1. The molecule has 0 unspecified atom stereocenters. The number of nitrogens with zero attached hydrogens (tertiary/aromatic N) is 4. The highest BCUT2D eigenvalue weighted by Gasteiger charge is 2.28. The van der Waals surface area contributed by atoms with Gasteiger partial charge in [-0.1, -0.05) is 19.3 Å². The summed E-state index contributed by atoms with van der Waals surface area (Å²) < 4.78 is 27.1. The van der Waals surface area contributed by atoms with Crippen LogP contribution in [0.15, 0.2) is 23.2 Å². The van der Waals surface area contributed by atoms with Crippen molar-refractivity contribution < 1.29 is 8.42 Å². The van der Waals surface area contributed by atoms with Crippen LogP contribution in [0.4, 0.5) is 5.82 Å². The zero-order valence-electron chi connectivity index (χ0n) is 15.5. The summed E-state index contributed by atoms with van der Waals surface area (Å²) in [5, 5.41) is 0. The summed E-state index contributed by atoms with van der Waals surface area (Å²) >= 11 is 0. The maximum atomic E-state index is 12.7. The number of piperidine rings is 1. The molecule has 3 aliphatic rings. The predicted molar refractivity (Wildman–Crippen MR) is 103 cm³/mol. The Balaban J connectivity index is 1.38. The minimum Gasteiger partial charge on any atom is -0.354 e.